The highest BCUT2D eigenvalue weighted by molar-refractivity contribution is 5.90. The summed E-state index contributed by atoms with van der Waals surface area (Å²) in [5.74, 6) is 0.766. The number of fused-ring (bicyclic) bond motifs is 2. The molecule has 1 aromatic heterocycles. The molecule has 1 fully saturated rings. The number of piperazine rings is 1. The summed E-state index contributed by atoms with van der Waals surface area (Å²) in [5, 5.41) is 5.01. The van der Waals surface area contributed by atoms with Crippen LogP contribution in [0.5, 0.6) is 0 Å². The number of anilines is 1. The zero-order valence-corrected chi connectivity index (χ0v) is 15.4. The van der Waals surface area contributed by atoms with Gasteiger partial charge in [-0.2, -0.15) is 0 Å². The predicted octanol–water partition coefficient (Wildman–Crippen LogP) is 2.91. The van der Waals surface area contributed by atoms with Crippen LogP contribution in [0.1, 0.15) is 11.1 Å². The van der Waals surface area contributed by atoms with E-state index in [9.17, 15) is 4.48 Å². The van der Waals surface area contributed by atoms with Crippen LogP contribution in [0.25, 0.3) is 10.9 Å². The molecule has 5 rings (SSSR count). The van der Waals surface area contributed by atoms with Crippen LogP contribution in [0.15, 0.2) is 48.5 Å². The van der Waals surface area contributed by atoms with E-state index in [2.05, 4.69) is 44.1 Å². The van der Waals surface area contributed by atoms with E-state index < -0.39 is 0 Å². The van der Waals surface area contributed by atoms with Gasteiger partial charge in [-0.3, -0.25) is 9.80 Å². The summed E-state index contributed by atoms with van der Waals surface area (Å²) >= 11 is 0. The van der Waals surface area contributed by atoms with Gasteiger partial charge in [0.1, 0.15) is 5.52 Å². The number of halogens is 1. The first-order chi connectivity index (χ1) is 13.3. The van der Waals surface area contributed by atoms with E-state index in [1.807, 2.05) is 18.2 Å². The average Bonchev–Trinajstić information content (AvgIpc) is 3.28. The second-order valence-electron chi connectivity index (χ2n) is 7.51. The van der Waals surface area contributed by atoms with Crippen LogP contribution in [0.2, 0.25) is 0 Å². The van der Waals surface area contributed by atoms with Gasteiger partial charge in [0, 0.05) is 57.7 Å². The van der Waals surface area contributed by atoms with Crippen LogP contribution in [0.3, 0.4) is 0 Å². The lowest BCUT2D eigenvalue weighted by molar-refractivity contribution is 0.197. The molecule has 0 amide bonds. The number of rotatable bonds is 4. The summed E-state index contributed by atoms with van der Waals surface area (Å²) in [6.07, 6.45) is 0. The first kappa shape index (κ1) is 16.7. The number of nitrogens with zero attached hydrogens (tertiary/aromatic N) is 5. The topological polar surface area (TPSA) is 27.5 Å². The molecule has 27 heavy (non-hydrogen) atoms. The van der Waals surface area contributed by atoms with Crippen molar-refractivity contribution in [1.29, 1.82) is 0 Å². The predicted molar refractivity (Wildman–Crippen MR) is 105 cm³/mol. The molecule has 6 heteroatoms. The van der Waals surface area contributed by atoms with E-state index in [-0.39, 0.29) is 0 Å². The van der Waals surface area contributed by atoms with Crippen molar-refractivity contribution in [1.82, 2.24) is 19.8 Å². The quantitative estimate of drug-likeness (QED) is 0.711. The van der Waals surface area contributed by atoms with Gasteiger partial charge in [0.25, 0.3) is 0 Å². The normalized spacial score (nSPS) is 18.3. The molecule has 0 aliphatic carbocycles. The molecular weight excluding hydrogens is 341 g/mol. The minimum Gasteiger partial charge on any atom is -0.352 e. The van der Waals surface area contributed by atoms with E-state index in [4.69, 9.17) is 0 Å². The Balaban J connectivity index is 1.16. The lowest BCUT2D eigenvalue weighted by atomic mass is 10.1. The van der Waals surface area contributed by atoms with Crippen molar-refractivity contribution in [3.8, 4) is 0 Å². The lowest BCUT2D eigenvalue weighted by Crippen LogP contribution is -2.48. The minimum absolute atomic E-state index is 0.502. The van der Waals surface area contributed by atoms with Crippen LogP contribution in [0, 0.1) is 0 Å². The standard InChI is InChI=1S/C21H24FN5/c22-27-20-8-4-3-7-19(20)21(23-27)26-13-11-24(12-14-26)9-10-25-15-17-5-1-2-6-18(17)16-25/h1-8H,9-16H2. The molecule has 2 aromatic carbocycles. The molecule has 0 radical (unpaired) electrons. The van der Waals surface area contributed by atoms with Gasteiger partial charge >= 0.3 is 0 Å². The van der Waals surface area contributed by atoms with Crippen LogP contribution in [0.4, 0.5) is 10.3 Å². The minimum atomic E-state index is 0.502. The molecule has 5 nitrogen and oxygen atoms in total. The number of aromatic nitrogens is 2. The molecule has 0 N–H and O–H groups in total. The van der Waals surface area contributed by atoms with Gasteiger partial charge in [0.15, 0.2) is 5.82 Å². The molecule has 0 bridgehead atoms. The summed E-state index contributed by atoms with van der Waals surface area (Å²) < 4.78 is 14.0. The number of benzene rings is 2. The van der Waals surface area contributed by atoms with Crippen molar-refractivity contribution >= 4 is 16.7 Å². The summed E-state index contributed by atoms with van der Waals surface area (Å²) in [7, 11) is 0. The Hall–Kier alpha value is -2.44. The zero-order chi connectivity index (χ0) is 18.2. The second kappa shape index (κ2) is 6.94. The highest BCUT2D eigenvalue weighted by Gasteiger charge is 2.23. The molecular formula is C21H24FN5. The first-order valence-electron chi connectivity index (χ1n) is 9.68. The molecule has 1 saturated heterocycles. The fraction of sp³-hybridized carbons (Fsp3) is 0.381. The van der Waals surface area contributed by atoms with Crippen molar-refractivity contribution in [2.75, 3.05) is 44.2 Å². The Morgan fingerprint density at radius 2 is 1.41 bits per heavy atom. The van der Waals surface area contributed by atoms with E-state index in [1.54, 1.807) is 6.07 Å². The maximum atomic E-state index is 14.0. The van der Waals surface area contributed by atoms with E-state index in [0.717, 1.165) is 63.6 Å². The van der Waals surface area contributed by atoms with Crippen molar-refractivity contribution in [2.24, 2.45) is 0 Å². The summed E-state index contributed by atoms with van der Waals surface area (Å²) in [5.41, 5.74) is 3.48. The third kappa shape index (κ3) is 3.19. The monoisotopic (exact) mass is 365 g/mol. The van der Waals surface area contributed by atoms with Crippen LogP contribution >= 0.6 is 0 Å². The Morgan fingerprint density at radius 3 is 2.15 bits per heavy atom. The molecule has 0 spiro atoms. The Morgan fingerprint density at radius 1 is 0.778 bits per heavy atom. The molecule has 3 aromatic rings. The summed E-state index contributed by atoms with van der Waals surface area (Å²) in [6, 6.07) is 16.2. The molecule has 0 unspecified atom stereocenters. The summed E-state index contributed by atoms with van der Waals surface area (Å²) in [4.78, 5) is 7.74. The van der Waals surface area contributed by atoms with Crippen LogP contribution in [-0.4, -0.2) is 59.1 Å². The molecule has 3 heterocycles. The van der Waals surface area contributed by atoms with Gasteiger partial charge in [0.2, 0.25) is 0 Å². The highest BCUT2D eigenvalue weighted by atomic mass is 19.2. The van der Waals surface area contributed by atoms with Gasteiger partial charge in [-0.15, -0.1) is 5.10 Å². The van der Waals surface area contributed by atoms with E-state index in [0.29, 0.717) is 10.4 Å². The maximum Gasteiger partial charge on any atom is 0.161 e. The molecule has 2 aliphatic heterocycles. The SMILES string of the molecule is Fn1nc(N2CCN(CCN3Cc4ccccc4C3)CC2)c2ccccc21. The van der Waals surface area contributed by atoms with Crippen molar-refractivity contribution < 1.29 is 4.48 Å². The first-order valence-corrected chi connectivity index (χ1v) is 9.68. The smallest absolute Gasteiger partial charge is 0.161 e. The van der Waals surface area contributed by atoms with Gasteiger partial charge < -0.3 is 4.90 Å². The van der Waals surface area contributed by atoms with Gasteiger partial charge in [-0.25, -0.2) is 0 Å². The number of hydrogen-bond acceptors (Lipinski definition) is 4. The van der Waals surface area contributed by atoms with Gasteiger partial charge in [-0.1, -0.05) is 45.8 Å². The Bertz CT molecular complexity index is 920. The third-order valence-corrected chi connectivity index (χ3v) is 5.84. The number of para-hydroxylation sites is 1. The van der Waals surface area contributed by atoms with Crippen LogP contribution in [-0.2, 0) is 13.1 Å². The molecule has 0 saturated carbocycles. The fourth-order valence-corrected chi connectivity index (χ4v) is 4.28. The van der Waals surface area contributed by atoms with E-state index in [1.165, 1.54) is 11.1 Å². The van der Waals surface area contributed by atoms with Crippen molar-refractivity contribution in [2.45, 2.75) is 13.1 Å². The number of hydrogen-bond donors (Lipinski definition) is 0. The zero-order valence-electron chi connectivity index (χ0n) is 15.4. The lowest BCUT2D eigenvalue weighted by Gasteiger charge is -2.35. The van der Waals surface area contributed by atoms with Crippen molar-refractivity contribution in [3.63, 3.8) is 0 Å². The van der Waals surface area contributed by atoms with E-state index >= 15 is 0 Å². The maximum absolute atomic E-state index is 14.0. The fourth-order valence-electron chi connectivity index (χ4n) is 4.28. The largest absolute Gasteiger partial charge is 0.352 e. The Labute approximate surface area is 158 Å². The molecule has 0 atom stereocenters. The van der Waals surface area contributed by atoms with Crippen molar-refractivity contribution in [3.05, 3.63) is 59.7 Å². The Kier molecular flexibility index (Phi) is 4.30. The highest BCUT2D eigenvalue weighted by Crippen LogP contribution is 2.27. The second-order valence-corrected chi connectivity index (χ2v) is 7.51. The van der Waals surface area contributed by atoms with Gasteiger partial charge in [-0.05, 0) is 23.3 Å². The summed E-state index contributed by atoms with van der Waals surface area (Å²) in [6.45, 7) is 8.08. The third-order valence-electron chi connectivity index (χ3n) is 5.84. The molecule has 2 aliphatic rings. The average molecular weight is 365 g/mol. The van der Waals surface area contributed by atoms with Gasteiger partial charge in [0.05, 0.1) is 0 Å². The molecule has 140 valence electrons. The van der Waals surface area contributed by atoms with Crippen LogP contribution < -0.4 is 4.90 Å².